The van der Waals surface area contributed by atoms with Crippen molar-refractivity contribution in [1.82, 2.24) is 10.3 Å². The molecule has 0 aliphatic rings. The third-order valence-electron chi connectivity index (χ3n) is 2.77. The van der Waals surface area contributed by atoms with Gasteiger partial charge in [-0.1, -0.05) is 24.3 Å². The zero-order chi connectivity index (χ0) is 14.5. The van der Waals surface area contributed by atoms with Crippen molar-refractivity contribution in [2.75, 3.05) is 5.32 Å². The molecule has 6 heteroatoms. The highest BCUT2D eigenvalue weighted by molar-refractivity contribution is 7.14. The molecule has 0 radical (unpaired) electrons. The number of carbonyl (C=O) groups excluding carboxylic acids is 1. The summed E-state index contributed by atoms with van der Waals surface area (Å²) < 4.78 is 0. The van der Waals surface area contributed by atoms with Gasteiger partial charge in [-0.05, 0) is 23.6 Å². The van der Waals surface area contributed by atoms with Crippen molar-refractivity contribution in [2.24, 2.45) is 0 Å². The molecule has 0 aliphatic heterocycles. The number of para-hydroxylation sites is 1. The lowest BCUT2D eigenvalue weighted by molar-refractivity contribution is 0.0947. The zero-order valence-corrected chi connectivity index (χ0v) is 12.7. The first-order chi connectivity index (χ1) is 10.3. The third-order valence-corrected chi connectivity index (χ3v) is 4.40. The SMILES string of the molecule is O=C(NCc1cccs1)c1csc(Nc2ccccc2)n1. The van der Waals surface area contributed by atoms with Crippen LogP contribution in [0.15, 0.2) is 53.2 Å². The van der Waals surface area contributed by atoms with Crippen LogP contribution in [0.3, 0.4) is 0 Å². The number of carbonyl (C=O) groups is 1. The number of nitrogens with one attached hydrogen (secondary N) is 2. The van der Waals surface area contributed by atoms with Crippen LogP contribution in [0.25, 0.3) is 0 Å². The van der Waals surface area contributed by atoms with Gasteiger partial charge in [0.2, 0.25) is 0 Å². The van der Waals surface area contributed by atoms with Crippen molar-refractivity contribution in [3.05, 3.63) is 63.8 Å². The summed E-state index contributed by atoms with van der Waals surface area (Å²) >= 11 is 3.04. The maximum Gasteiger partial charge on any atom is 0.271 e. The van der Waals surface area contributed by atoms with E-state index in [0.717, 1.165) is 10.6 Å². The van der Waals surface area contributed by atoms with Gasteiger partial charge in [0.1, 0.15) is 5.69 Å². The summed E-state index contributed by atoms with van der Waals surface area (Å²) in [7, 11) is 0. The Morgan fingerprint density at radius 3 is 2.71 bits per heavy atom. The minimum atomic E-state index is -0.152. The van der Waals surface area contributed by atoms with Crippen LogP contribution in [0.4, 0.5) is 10.8 Å². The van der Waals surface area contributed by atoms with Gasteiger partial charge >= 0.3 is 0 Å². The number of hydrogen-bond donors (Lipinski definition) is 2. The largest absolute Gasteiger partial charge is 0.346 e. The van der Waals surface area contributed by atoms with E-state index in [2.05, 4.69) is 15.6 Å². The van der Waals surface area contributed by atoms with E-state index < -0.39 is 0 Å². The molecule has 0 saturated heterocycles. The van der Waals surface area contributed by atoms with Crippen LogP contribution in [0.1, 0.15) is 15.4 Å². The number of nitrogens with zero attached hydrogens (tertiary/aromatic N) is 1. The van der Waals surface area contributed by atoms with Gasteiger partial charge in [-0.2, -0.15) is 0 Å². The summed E-state index contributed by atoms with van der Waals surface area (Å²) in [6.45, 7) is 0.537. The summed E-state index contributed by atoms with van der Waals surface area (Å²) in [5.74, 6) is -0.152. The summed E-state index contributed by atoms with van der Waals surface area (Å²) in [4.78, 5) is 17.4. The van der Waals surface area contributed by atoms with Crippen molar-refractivity contribution in [2.45, 2.75) is 6.54 Å². The number of amides is 1. The number of aromatic nitrogens is 1. The molecule has 1 aromatic carbocycles. The molecule has 0 bridgehead atoms. The Morgan fingerprint density at radius 2 is 1.95 bits per heavy atom. The molecule has 21 heavy (non-hydrogen) atoms. The van der Waals surface area contributed by atoms with E-state index in [0.29, 0.717) is 17.4 Å². The molecule has 0 spiro atoms. The molecule has 2 N–H and O–H groups in total. The number of thiophene rings is 1. The van der Waals surface area contributed by atoms with E-state index in [1.165, 1.54) is 11.3 Å². The van der Waals surface area contributed by atoms with Crippen LogP contribution in [0.5, 0.6) is 0 Å². The zero-order valence-electron chi connectivity index (χ0n) is 11.1. The van der Waals surface area contributed by atoms with Crippen LogP contribution >= 0.6 is 22.7 Å². The molecule has 3 aromatic rings. The van der Waals surface area contributed by atoms with E-state index in [1.54, 1.807) is 16.7 Å². The van der Waals surface area contributed by atoms with Gasteiger partial charge in [0.25, 0.3) is 5.91 Å². The Hall–Kier alpha value is -2.18. The number of anilines is 2. The molecule has 106 valence electrons. The third kappa shape index (κ3) is 3.68. The van der Waals surface area contributed by atoms with Crippen molar-refractivity contribution >= 4 is 39.4 Å². The van der Waals surface area contributed by atoms with E-state index >= 15 is 0 Å². The number of rotatable bonds is 5. The Balaban J connectivity index is 1.60. The quantitative estimate of drug-likeness (QED) is 0.751. The fraction of sp³-hybridized carbons (Fsp3) is 0.0667. The summed E-state index contributed by atoms with van der Waals surface area (Å²) in [5, 5.41) is 10.5. The Bertz CT molecular complexity index is 708. The van der Waals surface area contributed by atoms with E-state index in [9.17, 15) is 4.79 Å². The Morgan fingerprint density at radius 1 is 1.10 bits per heavy atom. The van der Waals surface area contributed by atoms with Gasteiger partial charge in [0.15, 0.2) is 5.13 Å². The molecule has 1 amide bonds. The first-order valence-electron chi connectivity index (χ1n) is 6.39. The highest BCUT2D eigenvalue weighted by atomic mass is 32.1. The summed E-state index contributed by atoms with van der Waals surface area (Å²) in [5.41, 5.74) is 1.40. The average molecular weight is 315 g/mol. The predicted molar refractivity (Wildman–Crippen MR) is 87.3 cm³/mol. The molecule has 0 unspecified atom stereocenters. The van der Waals surface area contributed by atoms with Crippen molar-refractivity contribution in [3.63, 3.8) is 0 Å². The van der Waals surface area contributed by atoms with Crippen LogP contribution in [-0.4, -0.2) is 10.9 Å². The van der Waals surface area contributed by atoms with Crippen LogP contribution in [-0.2, 0) is 6.54 Å². The van der Waals surface area contributed by atoms with Crippen LogP contribution in [0.2, 0.25) is 0 Å². The van der Waals surface area contributed by atoms with Crippen LogP contribution < -0.4 is 10.6 Å². The van der Waals surface area contributed by atoms with Gasteiger partial charge < -0.3 is 10.6 Å². The summed E-state index contributed by atoms with van der Waals surface area (Å²) in [6.07, 6.45) is 0. The number of thiazole rings is 1. The van der Waals surface area contributed by atoms with Gasteiger partial charge in [0, 0.05) is 15.9 Å². The highest BCUT2D eigenvalue weighted by Gasteiger charge is 2.10. The van der Waals surface area contributed by atoms with E-state index in [4.69, 9.17) is 0 Å². The summed E-state index contributed by atoms with van der Waals surface area (Å²) in [6, 6.07) is 13.7. The maximum atomic E-state index is 12.0. The highest BCUT2D eigenvalue weighted by Crippen LogP contribution is 2.20. The Labute approximate surface area is 130 Å². The standard InChI is InChI=1S/C15H13N3OS2/c19-14(16-9-12-7-4-8-20-12)13-10-21-15(18-13)17-11-5-2-1-3-6-11/h1-8,10H,9H2,(H,16,19)(H,17,18). The van der Waals surface area contributed by atoms with Gasteiger partial charge in [0.05, 0.1) is 6.54 Å². The molecule has 0 fully saturated rings. The van der Waals surface area contributed by atoms with Gasteiger partial charge in [-0.15, -0.1) is 22.7 Å². The molecule has 4 nitrogen and oxygen atoms in total. The minimum absolute atomic E-state index is 0.152. The Kier molecular flexibility index (Phi) is 4.28. The molecule has 0 atom stereocenters. The number of benzene rings is 1. The average Bonchev–Trinajstić information content (AvgIpc) is 3.17. The van der Waals surface area contributed by atoms with Crippen molar-refractivity contribution in [3.8, 4) is 0 Å². The molecule has 3 rings (SSSR count). The monoisotopic (exact) mass is 315 g/mol. The lowest BCUT2D eigenvalue weighted by atomic mass is 10.3. The second-order valence-corrected chi connectivity index (χ2v) is 6.18. The lowest BCUT2D eigenvalue weighted by Gasteiger charge is -2.01. The second kappa shape index (κ2) is 6.51. The smallest absolute Gasteiger partial charge is 0.271 e. The first kappa shape index (κ1) is 13.8. The molecule has 0 saturated carbocycles. The van der Waals surface area contributed by atoms with Gasteiger partial charge in [-0.3, -0.25) is 4.79 Å². The first-order valence-corrected chi connectivity index (χ1v) is 8.15. The van der Waals surface area contributed by atoms with E-state index in [1.807, 2.05) is 47.8 Å². The minimum Gasteiger partial charge on any atom is -0.346 e. The van der Waals surface area contributed by atoms with Gasteiger partial charge in [-0.25, -0.2) is 4.98 Å². The fourth-order valence-corrected chi connectivity index (χ4v) is 3.11. The maximum absolute atomic E-state index is 12.0. The molecule has 2 aromatic heterocycles. The van der Waals surface area contributed by atoms with E-state index in [-0.39, 0.29) is 5.91 Å². The normalized spacial score (nSPS) is 10.3. The van der Waals surface area contributed by atoms with Crippen molar-refractivity contribution < 1.29 is 4.79 Å². The topological polar surface area (TPSA) is 54.0 Å². The number of hydrogen-bond acceptors (Lipinski definition) is 5. The molecule has 0 aliphatic carbocycles. The lowest BCUT2D eigenvalue weighted by Crippen LogP contribution is -2.22. The second-order valence-electron chi connectivity index (χ2n) is 4.29. The molecular weight excluding hydrogens is 302 g/mol. The van der Waals surface area contributed by atoms with Crippen LogP contribution in [0, 0.1) is 0 Å². The predicted octanol–water partition coefficient (Wildman–Crippen LogP) is 3.88. The fourth-order valence-electron chi connectivity index (χ4n) is 1.75. The molecule has 2 heterocycles. The molecular formula is C15H13N3OS2. The van der Waals surface area contributed by atoms with Crippen molar-refractivity contribution in [1.29, 1.82) is 0 Å².